The summed E-state index contributed by atoms with van der Waals surface area (Å²) < 4.78 is 0. The zero-order valence-corrected chi connectivity index (χ0v) is 12.8. The lowest BCUT2D eigenvalue weighted by atomic mass is 10.2. The van der Waals surface area contributed by atoms with E-state index < -0.39 is 11.7 Å². The first-order valence-electron chi connectivity index (χ1n) is 6.20. The Kier molecular flexibility index (Phi) is 5.30. The standard InChI is InChI=1S/C15H12ClNO4S/c16-9-1-4-11(5-2-9)22-8-14(19)17-10-3-6-12(15(20)21)13(18)7-10/h1-7,18H,8H2,(H,17,19)(H,20,21). The number of phenols is 1. The first kappa shape index (κ1) is 16.2. The third-order valence-corrected chi connectivity index (χ3v) is 3.96. The maximum atomic E-state index is 11.8. The fourth-order valence-electron chi connectivity index (χ4n) is 1.67. The summed E-state index contributed by atoms with van der Waals surface area (Å²) >= 11 is 7.12. The summed E-state index contributed by atoms with van der Waals surface area (Å²) in [6.45, 7) is 0. The van der Waals surface area contributed by atoms with Gasteiger partial charge in [-0.1, -0.05) is 11.6 Å². The molecule has 7 heteroatoms. The molecule has 0 aliphatic heterocycles. The lowest BCUT2D eigenvalue weighted by Gasteiger charge is -2.07. The summed E-state index contributed by atoms with van der Waals surface area (Å²) in [6, 6.07) is 11.0. The minimum Gasteiger partial charge on any atom is -0.507 e. The topological polar surface area (TPSA) is 86.6 Å². The number of nitrogens with one attached hydrogen (secondary N) is 1. The summed E-state index contributed by atoms with van der Waals surface area (Å²) in [5.41, 5.74) is 0.123. The van der Waals surface area contributed by atoms with Crippen molar-refractivity contribution in [2.24, 2.45) is 0 Å². The van der Waals surface area contributed by atoms with Crippen LogP contribution in [-0.2, 0) is 4.79 Å². The van der Waals surface area contributed by atoms with Gasteiger partial charge in [0, 0.05) is 21.7 Å². The van der Waals surface area contributed by atoms with Gasteiger partial charge in [-0.15, -0.1) is 11.8 Å². The molecule has 0 aromatic heterocycles. The Morgan fingerprint density at radius 1 is 1.14 bits per heavy atom. The highest BCUT2D eigenvalue weighted by molar-refractivity contribution is 8.00. The highest BCUT2D eigenvalue weighted by Crippen LogP contribution is 2.23. The van der Waals surface area contributed by atoms with Gasteiger partial charge in [0.1, 0.15) is 11.3 Å². The number of halogens is 1. The fraction of sp³-hybridized carbons (Fsp3) is 0.0667. The predicted molar refractivity (Wildman–Crippen MR) is 85.9 cm³/mol. The lowest BCUT2D eigenvalue weighted by molar-refractivity contribution is -0.113. The average molecular weight is 338 g/mol. The van der Waals surface area contributed by atoms with Crippen LogP contribution in [0, 0.1) is 0 Å². The molecule has 114 valence electrons. The molecule has 0 atom stereocenters. The second kappa shape index (κ2) is 7.20. The summed E-state index contributed by atoms with van der Waals surface area (Å²) in [4.78, 5) is 23.5. The Bertz CT molecular complexity index is 703. The molecule has 2 aromatic rings. The average Bonchev–Trinajstić information content (AvgIpc) is 2.46. The largest absolute Gasteiger partial charge is 0.507 e. The number of benzene rings is 2. The number of carbonyl (C=O) groups excluding carboxylic acids is 1. The van der Waals surface area contributed by atoms with E-state index in [1.807, 2.05) is 12.1 Å². The summed E-state index contributed by atoms with van der Waals surface area (Å²) in [6.07, 6.45) is 0. The third-order valence-electron chi connectivity index (χ3n) is 2.70. The maximum Gasteiger partial charge on any atom is 0.339 e. The quantitative estimate of drug-likeness (QED) is 0.727. The van der Waals surface area contributed by atoms with E-state index in [0.717, 1.165) is 4.90 Å². The van der Waals surface area contributed by atoms with Crippen LogP contribution in [0.4, 0.5) is 5.69 Å². The van der Waals surface area contributed by atoms with Gasteiger partial charge in [-0.3, -0.25) is 4.79 Å². The zero-order chi connectivity index (χ0) is 16.1. The van der Waals surface area contributed by atoms with Crippen LogP contribution in [0.2, 0.25) is 5.02 Å². The SMILES string of the molecule is O=C(CSc1ccc(Cl)cc1)Nc1ccc(C(=O)O)c(O)c1. The highest BCUT2D eigenvalue weighted by Gasteiger charge is 2.11. The number of carbonyl (C=O) groups is 2. The Hall–Kier alpha value is -2.18. The van der Waals surface area contributed by atoms with Crippen molar-refractivity contribution in [2.45, 2.75) is 4.90 Å². The third kappa shape index (κ3) is 4.41. The van der Waals surface area contributed by atoms with Crippen LogP contribution >= 0.6 is 23.4 Å². The van der Waals surface area contributed by atoms with Crippen LogP contribution in [0.25, 0.3) is 0 Å². The molecule has 22 heavy (non-hydrogen) atoms. The number of anilines is 1. The van der Waals surface area contributed by atoms with Gasteiger partial charge in [-0.05, 0) is 36.4 Å². The molecule has 0 saturated heterocycles. The second-order valence-corrected chi connectivity index (χ2v) is 5.81. The fourth-order valence-corrected chi connectivity index (χ4v) is 2.49. The molecule has 2 rings (SSSR count). The highest BCUT2D eigenvalue weighted by atomic mass is 35.5. The van der Waals surface area contributed by atoms with Crippen molar-refractivity contribution in [3.05, 3.63) is 53.1 Å². The first-order valence-corrected chi connectivity index (χ1v) is 7.56. The summed E-state index contributed by atoms with van der Waals surface area (Å²) in [5, 5.41) is 21.6. The van der Waals surface area contributed by atoms with Crippen molar-refractivity contribution in [1.29, 1.82) is 0 Å². The molecule has 1 amide bonds. The maximum absolute atomic E-state index is 11.8. The Morgan fingerprint density at radius 3 is 2.41 bits per heavy atom. The molecule has 0 saturated carbocycles. The number of carboxylic acid groups (broad SMARTS) is 1. The van der Waals surface area contributed by atoms with Crippen molar-refractivity contribution in [3.63, 3.8) is 0 Å². The molecule has 0 heterocycles. The van der Waals surface area contributed by atoms with E-state index in [4.69, 9.17) is 16.7 Å². The minimum absolute atomic E-state index is 0.184. The van der Waals surface area contributed by atoms with Gasteiger partial charge in [0.25, 0.3) is 0 Å². The van der Waals surface area contributed by atoms with Crippen molar-refractivity contribution in [3.8, 4) is 5.75 Å². The number of carboxylic acids is 1. The number of hydrogen-bond acceptors (Lipinski definition) is 4. The molecule has 0 aliphatic carbocycles. The smallest absolute Gasteiger partial charge is 0.339 e. The number of aromatic carboxylic acids is 1. The Morgan fingerprint density at radius 2 is 1.82 bits per heavy atom. The molecule has 0 bridgehead atoms. The van der Waals surface area contributed by atoms with Crippen molar-refractivity contribution >= 4 is 40.9 Å². The van der Waals surface area contributed by atoms with Crippen LogP contribution in [0.5, 0.6) is 5.75 Å². The van der Waals surface area contributed by atoms with Crippen LogP contribution in [0.3, 0.4) is 0 Å². The van der Waals surface area contributed by atoms with Crippen molar-refractivity contribution in [1.82, 2.24) is 0 Å². The number of aromatic hydroxyl groups is 1. The summed E-state index contributed by atoms with van der Waals surface area (Å²) in [5.74, 6) is -1.70. The Labute approximate surface area is 135 Å². The molecule has 0 radical (unpaired) electrons. The number of thioether (sulfide) groups is 1. The number of amides is 1. The van der Waals surface area contributed by atoms with Crippen LogP contribution in [0.1, 0.15) is 10.4 Å². The van der Waals surface area contributed by atoms with E-state index in [-0.39, 0.29) is 17.2 Å². The van der Waals surface area contributed by atoms with Crippen LogP contribution in [-0.4, -0.2) is 27.8 Å². The van der Waals surface area contributed by atoms with Gasteiger partial charge in [0.15, 0.2) is 0 Å². The van der Waals surface area contributed by atoms with E-state index in [9.17, 15) is 14.7 Å². The van der Waals surface area contributed by atoms with Crippen LogP contribution in [0.15, 0.2) is 47.4 Å². The van der Waals surface area contributed by atoms with E-state index >= 15 is 0 Å². The molecule has 0 unspecified atom stereocenters. The lowest BCUT2D eigenvalue weighted by Crippen LogP contribution is -2.14. The van der Waals surface area contributed by atoms with E-state index in [2.05, 4.69) is 5.32 Å². The van der Waals surface area contributed by atoms with Crippen LogP contribution < -0.4 is 5.32 Å². The molecule has 3 N–H and O–H groups in total. The van der Waals surface area contributed by atoms with Gasteiger partial charge in [0.05, 0.1) is 5.75 Å². The predicted octanol–water partition coefficient (Wildman–Crippen LogP) is 3.47. The second-order valence-electron chi connectivity index (χ2n) is 4.33. The van der Waals surface area contributed by atoms with Gasteiger partial charge >= 0.3 is 5.97 Å². The van der Waals surface area contributed by atoms with Crippen molar-refractivity contribution in [2.75, 3.05) is 11.1 Å². The van der Waals surface area contributed by atoms with E-state index in [1.54, 1.807) is 12.1 Å². The number of hydrogen-bond donors (Lipinski definition) is 3. The molecule has 5 nitrogen and oxygen atoms in total. The molecule has 0 spiro atoms. The summed E-state index contributed by atoms with van der Waals surface area (Å²) in [7, 11) is 0. The Balaban J connectivity index is 1.93. The molecule has 0 fully saturated rings. The monoisotopic (exact) mass is 337 g/mol. The molecule has 2 aromatic carbocycles. The normalized spacial score (nSPS) is 10.2. The number of rotatable bonds is 5. The van der Waals surface area contributed by atoms with Crippen molar-refractivity contribution < 1.29 is 19.8 Å². The zero-order valence-electron chi connectivity index (χ0n) is 11.2. The van der Waals surface area contributed by atoms with Gasteiger partial charge < -0.3 is 15.5 Å². The van der Waals surface area contributed by atoms with E-state index in [0.29, 0.717) is 10.7 Å². The molecule has 0 aliphatic rings. The molecular formula is C15H12ClNO4S. The van der Waals surface area contributed by atoms with E-state index in [1.165, 1.54) is 30.0 Å². The molecular weight excluding hydrogens is 326 g/mol. The van der Waals surface area contributed by atoms with Gasteiger partial charge in [-0.2, -0.15) is 0 Å². The van der Waals surface area contributed by atoms with Gasteiger partial charge in [0.2, 0.25) is 5.91 Å². The minimum atomic E-state index is -1.23. The van der Waals surface area contributed by atoms with Gasteiger partial charge in [-0.25, -0.2) is 4.79 Å². The first-order chi connectivity index (χ1) is 10.5.